The van der Waals surface area contributed by atoms with Crippen LogP contribution in [-0.2, 0) is 4.74 Å². The molecule has 1 aromatic heterocycles. The zero-order valence-corrected chi connectivity index (χ0v) is 10.1. The summed E-state index contributed by atoms with van der Waals surface area (Å²) in [6, 6.07) is 7.20. The Balaban J connectivity index is 2.21. The quantitative estimate of drug-likeness (QED) is 0.831. The number of benzene rings is 1. The van der Waals surface area contributed by atoms with Crippen molar-refractivity contribution in [1.82, 2.24) is 0 Å². The van der Waals surface area contributed by atoms with E-state index in [4.69, 9.17) is 14.6 Å². The first-order valence-corrected chi connectivity index (χ1v) is 5.91. The predicted molar refractivity (Wildman–Crippen MR) is 66.2 cm³/mol. The van der Waals surface area contributed by atoms with Crippen LogP contribution in [0.15, 0.2) is 24.3 Å². The van der Waals surface area contributed by atoms with Crippen molar-refractivity contribution in [2.75, 3.05) is 20.3 Å². The number of carboxylic acid groups (broad SMARTS) is 1. The molecule has 0 fully saturated rings. The first-order valence-electron chi connectivity index (χ1n) is 5.09. The van der Waals surface area contributed by atoms with Crippen LogP contribution in [0.3, 0.4) is 0 Å². The lowest BCUT2D eigenvalue weighted by molar-refractivity contribution is 0.0702. The second kappa shape index (κ2) is 5.16. The third kappa shape index (κ3) is 2.75. The molecule has 0 bridgehead atoms. The van der Waals surface area contributed by atoms with E-state index in [0.29, 0.717) is 18.1 Å². The van der Waals surface area contributed by atoms with Gasteiger partial charge in [0.1, 0.15) is 17.2 Å². The Labute approximate surface area is 102 Å². The van der Waals surface area contributed by atoms with Crippen LogP contribution in [0.2, 0.25) is 0 Å². The molecule has 0 atom stereocenters. The Morgan fingerprint density at radius 2 is 2.18 bits per heavy atom. The van der Waals surface area contributed by atoms with Crippen molar-refractivity contribution in [2.45, 2.75) is 0 Å². The van der Waals surface area contributed by atoms with Crippen molar-refractivity contribution in [3.8, 4) is 5.75 Å². The molecule has 0 amide bonds. The summed E-state index contributed by atoms with van der Waals surface area (Å²) in [7, 11) is 1.62. The monoisotopic (exact) mass is 252 g/mol. The van der Waals surface area contributed by atoms with Gasteiger partial charge in [-0.25, -0.2) is 4.79 Å². The Morgan fingerprint density at radius 3 is 2.88 bits per heavy atom. The largest absolute Gasteiger partial charge is 0.491 e. The summed E-state index contributed by atoms with van der Waals surface area (Å²) in [5.41, 5.74) is 0. The highest BCUT2D eigenvalue weighted by Crippen LogP contribution is 2.28. The number of ether oxygens (including phenoxy) is 2. The lowest BCUT2D eigenvalue weighted by atomic mass is 10.2. The predicted octanol–water partition coefficient (Wildman–Crippen LogP) is 2.62. The molecule has 0 saturated heterocycles. The number of methoxy groups -OCH3 is 1. The molecule has 0 aliphatic rings. The van der Waals surface area contributed by atoms with E-state index in [0.717, 1.165) is 15.8 Å². The van der Waals surface area contributed by atoms with Crippen molar-refractivity contribution in [3.63, 3.8) is 0 Å². The van der Waals surface area contributed by atoms with E-state index in [-0.39, 0.29) is 0 Å². The third-order valence-corrected chi connectivity index (χ3v) is 3.36. The smallest absolute Gasteiger partial charge is 0.345 e. The van der Waals surface area contributed by atoms with Crippen LogP contribution in [0.25, 0.3) is 10.1 Å². The zero-order valence-electron chi connectivity index (χ0n) is 9.30. The molecular weight excluding hydrogens is 240 g/mol. The minimum absolute atomic E-state index is 0.342. The Bertz CT molecular complexity index is 532. The molecule has 0 aliphatic heterocycles. The lowest BCUT2D eigenvalue weighted by Crippen LogP contribution is -2.03. The van der Waals surface area contributed by atoms with Gasteiger partial charge in [-0.15, -0.1) is 11.3 Å². The summed E-state index contributed by atoms with van der Waals surface area (Å²) in [5.74, 6) is -0.169. The number of carbonyl (C=O) groups is 1. The molecule has 0 aliphatic carbocycles. The zero-order chi connectivity index (χ0) is 12.3. The van der Waals surface area contributed by atoms with Gasteiger partial charge in [0.05, 0.1) is 6.61 Å². The Kier molecular flexibility index (Phi) is 3.61. The van der Waals surface area contributed by atoms with E-state index in [9.17, 15) is 4.79 Å². The van der Waals surface area contributed by atoms with Gasteiger partial charge in [-0.2, -0.15) is 0 Å². The molecule has 5 heteroatoms. The van der Waals surface area contributed by atoms with Gasteiger partial charge in [-0.1, -0.05) is 0 Å². The van der Waals surface area contributed by atoms with Gasteiger partial charge in [0.25, 0.3) is 0 Å². The normalized spacial score (nSPS) is 10.6. The standard InChI is InChI=1S/C12H12O4S/c1-15-4-5-16-9-2-3-10-8(6-9)7-11(17-10)12(13)14/h2-3,6-7H,4-5H2,1H3,(H,13,14). The van der Waals surface area contributed by atoms with Crippen LogP contribution in [0, 0.1) is 0 Å². The molecular formula is C12H12O4S. The number of hydrogen-bond donors (Lipinski definition) is 1. The summed E-state index contributed by atoms with van der Waals surface area (Å²) >= 11 is 1.26. The molecule has 1 heterocycles. The Morgan fingerprint density at radius 1 is 1.35 bits per heavy atom. The highest BCUT2D eigenvalue weighted by Gasteiger charge is 2.08. The molecule has 0 unspecified atom stereocenters. The van der Waals surface area contributed by atoms with Crippen molar-refractivity contribution in [3.05, 3.63) is 29.1 Å². The fraction of sp³-hybridized carbons (Fsp3) is 0.250. The van der Waals surface area contributed by atoms with Crippen LogP contribution in [0.1, 0.15) is 9.67 Å². The maximum atomic E-state index is 10.8. The van der Waals surface area contributed by atoms with Gasteiger partial charge in [0.2, 0.25) is 0 Å². The van der Waals surface area contributed by atoms with E-state index in [1.807, 2.05) is 18.2 Å². The van der Waals surface area contributed by atoms with Gasteiger partial charge in [-0.05, 0) is 29.7 Å². The first kappa shape index (κ1) is 11.9. The van der Waals surface area contributed by atoms with E-state index >= 15 is 0 Å². The highest BCUT2D eigenvalue weighted by molar-refractivity contribution is 7.20. The number of hydrogen-bond acceptors (Lipinski definition) is 4. The van der Waals surface area contributed by atoms with Gasteiger partial charge in [0, 0.05) is 11.8 Å². The summed E-state index contributed by atoms with van der Waals surface area (Å²) in [5, 5.41) is 9.78. The summed E-state index contributed by atoms with van der Waals surface area (Å²) in [6.07, 6.45) is 0. The molecule has 0 saturated carbocycles. The number of fused-ring (bicyclic) bond motifs is 1. The van der Waals surface area contributed by atoms with E-state index in [1.54, 1.807) is 13.2 Å². The number of thiophene rings is 1. The lowest BCUT2D eigenvalue weighted by Gasteiger charge is -2.04. The topological polar surface area (TPSA) is 55.8 Å². The summed E-state index contributed by atoms with van der Waals surface area (Å²) < 4.78 is 11.3. The SMILES string of the molecule is COCCOc1ccc2sc(C(=O)O)cc2c1. The molecule has 0 radical (unpaired) electrons. The average molecular weight is 252 g/mol. The van der Waals surface area contributed by atoms with E-state index in [2.05, 4.69) is 0 Å². The van der Waals surface area contributed by atoms with Crippen LogP contribution in [0.5, 0.6) is 5.75 Å². The molecule has 2 aromatic rings. The molecule has 1 aromatic carbocycles. The first-order chi connectivity index (χ1) is 8.20. The fourth-order valence-corrected chi connectivity index (χ4v) is 2.34. The van der Waals surface area contributed by atoms with Crippen molar-refractivity contribution in [2.24, 2.45) is 0 Å². The van der Waals surface area contributed by atoms with Gasteiger partial charge < -0.3 is 14.6 Å². The minimum Gasteiger partial charge on any atom is -0.491 e. The van der Waals surface area contributed by atoms with Crippen LogP contribution in [0.4, 0.5) is 0 Å². The summed E-state index contributed by atoms with van der Waals surface area (Å²) in [4.78, 5) is 11.2. The number of aromatic carboxylic acids is 1. The molecule has 90 valence electrons. The maximum absolute atomic E-state index is 10.8. The van der Waals surface area contributed by atoms with Crippen LogP contribution in [-0.4, -0.2) is 31.4 Å². The van der Waals surface area contributed by atoms with Gasteiger partial charge >= 0.3 is 5.97 Å². The molecule has 2 rings (SSSR count). The third-order valence-electron chi connectivity index (χ3n) is 2.25. The second-order valence-corrected chi connectivity index (χ2v) is 4.54. The molecule has 4 nitrogen and oxygen atoms in total. The highest BCUT2D eigenvalue weighted by atomic mass is 32.1. The summed E-state index contributed by atoms with van der Waals surface area (Å²) in [6.45, 7) is 1.01. The fourth-order valence-electron chi connectivity index (χ4n) is 1.46. The minimum atomic E-state index is -0.895. The second-order valence-electron chi connectivity index (χ2n) is 3.46. The van der Waals surface area contributed by atoms with Crippen molar-refractivity contribution >= 4 is 27.4 Å². The number of rotatable bonds is 5. The molecule has 1 N–H and O–H groups in total. The Hall–Kier alpha value is -1.59. The maximum Gasteiger partial charge on any atom is 0.345 e. The number of carboxylic acids is 1. The van der Waals surface area contributed by atoms with Gasteiger partial charge in [0.15, 0.2) is 0 Å². The van der Waals surface area contributed by atoms with Crippen LogP contribution < -0.4 is 4.74 Å². The van der Waals surface area contributed by atoms with E-state index in [1.165, 1.54) is 11.3 Å². The van der Waals surface area contributed by atoms with Crippen molar-refractivity contribution in [1.29, 1.82) is 0 Å². The molecule has 0 spiro atoms. The van der Waals surface area contributed by atoms with E-state index < -0.39 is 5.97 Å². The van der Waals surface area contributed by atoms with Crippen LogP contribution >= 0.6 is 11.3 Å². The average Bonchev–Trinajstić information content (AvgIpc) is 2.72. The molecule has 17 heavy (non-hydrogen) atoms. The van der Waals surface area contributed by atoms with Gasteiger partial charge in [-0.3, -0.25) is 0 Å². The van der Waals surface area contributed by atoms with Crippen molar-refractivity contribution < 1.29 is 19.4 Å².